The number of hydrogen-bond acceptors (Lipinski definition) is 9. The van der Waals surface area contributed by atoms with Gasteiger partial charge in [0.25, 0.3) is 0 Å². The van der Waals surface area contributed by atoms with Crippen molar-refractivity contribution in [3.63, 3.8) is 0 Å². The molecule has 2 heterocycles. The highest BCUT2D eigenvalue weighted by molar-refractivity contribution is 7.47. The molecule has 0 aromatic carbocycles. The standard InChI is InChI=1S/C9H13N5O3S/c1-3(15)6(16)4-2-10-5-7(11-4)12-9(14-18)13-8(5)17/h2-3,6,8-9,13,15-17H,1H3,(H,11,12). The highest BCUT2D eigenvalue weighted by Crippen LogP contribution is 2.25. The Morgan fingerprint density at radius 2 is 2.22 bits per heavy atom. The molecular formula is C9H13N5O3S. The Hall–Kier alpha value is -1.26. The number of anilines is 1. The first-order chi connectivity index (χ1) is 8.52. The van der Waals surface area contributed by atoms with Crippen molar-refractivity contribution in [2.24, 2.45) is 4.36 Å². The van der Waals surface area contributed by atoms with E-state index in [0.29, 0.717) is 0 Å². The topological polar surface area (TPSA) is 123 Å². The van der Waals surface area contributed by atoms with Crippen molar-refractivity contribution in [1.29, 1.82) is 0 Å². The second kappa shape index (κ2) is 5.16. The van der Waals surface area contributed by atoms with Crippen LogP contribution in [0.2, 0.25) is 0 Å². The molecule has 1 aliphatic heterocycles. The number of aliphatic hydroxyl groups is 3. The summed E-state index contributed by atoms with van der Waals surface area (Å²) in [5, 5.41) is 34.2. The predicted molar refractivity (Wildman–Crippen MR) is 64.0 cm³/mol. The van der Waals surface area contributed by atoms with Gasteiger partial charge < -0.3 is 20.6 Å². The lowest BCUT2D eigenvalue weighted by molar-refractivity contribution is 0.0274. The van der Waals surface area contributed by atoms with E-state index < -0.39 is 24.7 Å². The smallest absolute Gasteiger partial charge is 0.189 e. The van der Waals surface area contributed by atoms with Crippen molar-refractivity contribution in [1.82, 2.24) is 15.3 Å². The average Bonchev–Trinajstić information content (AvgIpc) is 2.36. The Labute approximate surface area is 108 Å². The molecule has 1 aliphatic rings. The minimum atomic E-state index is -1.14. The van der Waals surface area contributed by atoms with Crippen LogP contribution in [-0.2, 0) is 12.4 Å². The number of nitrogens with zero attached hydrogens (tertiary/aromatic N) is 3. The monoisotopic (exact) mass is 271 g/mol. The van der Waals surface area contributed by atoms with Crippen LogP contribution in [-0.4, -0.2) is 37.7 Å². The van der Waals surface area contributed by atoms with Crippen molar-refractivity contribution >= 4 is 18.2 Å². The van der Waals surface area contributed by atoms with Crippen LogP contribution in [0.4, 0.5) is 5.82 Å². The van der Waals surface area contributed by atoms with E-state index in [1.165, 1.54) is 13.1 Å². The zero-order chi connectivity index (χ0) is 13.3. The number of rotatable bonds is 3. The molecule has 5 N–H and O–H groups in total. The normalized spacial score (nSPS) is 25.8. The molecule has 4 atom stereocenters. The number of aliphatic hydroxyl groups excluding tert-OH is 3. The zero-order valence-electron chi connectivity index (χ0n) is 9.48. The van der Waals surface area contributed by atoms with Crippen molar-refractivity contribution < 1.29 is 15.3 Å². The highest BCUT2D eigenvalue weighted by atomic mass is 32.1. The Morgan fingerprint density at radius 3 is 2.83 bits per heavy atom. The largest absolute Gasteiger partial charge is 0.390 e. The van der Waals surface area contributed by atoms with Gasteiger partial charge in [0.1, 0.15) is 11.8 Å². The third-order valence-electron chi connectivity index (χ3n) is 2.53. The minimum absolute atomic E-state index is 0.202. The Balaban J connectivity index is 2.33. The average molecular weight is 271 g/mol. The molecule has 0 fully saturated rings. The van der Waals surface area contributed by atoms with E-state index in [0.717, 1.165) is 0 Å². The summed E-state index contributed by atoms with van der Waals surface area (Å²) in [5.41, 5.74) is 0.486. The summed E-state index contributed by atoms with van der Waals surface area (Å²) < 4.78 is 3.53. The van der Waals surface area contributed by atoms with Gasteiger partial charge in [-0.2, -0.15) is 4.36 Å². The molecule has 0 aliphatic carbocycles. The van der Waals surface area contributed by atoms with E-state index in [-0.39, 0.29) is 17.2 Å². The SMILES string of the molecule is CC(O)C(O)c1cnc2c(n1)NC(N=S)NC2O. The van der Waals surface area contributed by atoms with E-state index in [1.54, 1.807) is 0 Å². The molecule has 0 saturated heterocycles. The van der Waals surface area contributed by atoms with Crippen molar-refractivity contribution in [3.8, 4) is 0 Å². The summed E-state index contributed by atoms with van der Waals surface area (Å²) in [6, 6.07) is 0. The van der Waals surface area contributed by atoms with Crippen LogP contribution in [0.5, 0.6) is 0 Å². The van der Waals surface area contributed by atoms with Gasteiger partial charge in [0.05, 0.1) is 18.0 Å². The first kappa shape index (κ1) is 13.2. The molecule has 18 heavy (non-hydrogen) atoms. The highest BCUT2D eigenvalue weighted by Gasteiger charge is 2.27. The molecule has 1 aromatic heterocycles. The van der Waals surface area contributed by atoms with Gasteiger partial charge in [-0.05, 0) is 6.92 Å². The van der Waals surface area contributed by atoms with Crippen molar-refractivity contribution in [2.45, 2.75) is 31.6 Å². The molecule has 2 rings (SSSR count). The van der Waals surface area contributed by atoms with Crippen LogP contribution >= 0.6 is 0 Å². The maximum Gasteiger partial charge on any atom is 0.189 e. The fourth-order valence-corrected chi connectivity index (χ4v) is 1.68. The fourth-order valence-electron chi connectivity index (χ4n) is 1.56. The second-order valence-electron chi connectivity index (χ2n) is 3.94. The minimum Gasteiger partial charge on any atom is -0.390 e. The molecule has 98 valence electrons. The van der Waals surface area contributed by atoms with E-state index in [1.807, 2.05) is 0 Å². The van der Waals surface area contributed by atoms with Crippen LogP contribution in [0.3, 0.4) is 0 Å². The Kier molecular flexibility index (Phi) is 3.78. The maximum absolute atomic E-state index is 9.73. The van der Waals surface area contributed by atoms with Crippen molar-refractivity contribution in [3.05, 3.63) is 17.6 Å². The van der Waals surface area contributed by atoms with Gasteiger partial charge in [-0.15, -0.1) is 0 Å². The third kappa shape index (κ3) is 2.44. The van der Waals surface area contributed by atoms with Crippen LogP contribution in [0.1, 0.15) is 30.6 Å². The van der Waals surface area contributed by atoms with Gasteiger partial charge in [0.15, 0.2) is 18.3 Å². The zero-order valence-corrected chi connectivity index (χ0v) is 10.3. The Morgan fingerprint density at radius 1 is 1.50 bits per heavy atom. The Bertz CT molecular complexity index is 458. The van der Waals surface area contributed by atoms with Gasteiger partial charge in [-0.3, -0.25) is 4.98 Å². The van der Waals surface area contributed by atoms with Gasteiger partial charge in [0, 0.05) is 12.4 Å². The summed E-state index contributed by atoms with van der Waals surface area (Å²) in [7, 11) is 0. The number of nitrogens with one attached hydrogen (secondary N) is 2. The van der Waals surface area contributed by atoms with E-state index in [9.17, 15) is 15.3 Å². The summed E-state index contributed by atoms with van der Waals surface area (Å²) in [4.78, 5) is 8.08. The summed E-state index contributed by atoms with van der Waals surface area (Å²) in [5.74, 6) is 0.275. The second-order valence-corrected chi connectivity index (χ2v) is 4.15. The summed E-state index contributed by atoms with van der Waals surface area (Å²) >= 11 is 4.53. The lowest BCUT2D eigenvalue weighted by Gasteiger charge is -2.27. The molecular weight excluding hydrogens is 258 g/mol. The van der Waals surface area contributed by atoms with Crippen LogP contribution in [0.25, 0.3) is 0 Å². The third-order valence-corrected chi connectivity index (χ3v) is 2.74. The molecule has 9 heteroatoms. The molecule has 8 nitrogen and oxygen atoms in total. The van der Waals surface area contributed by atoms with Crippen LogP contribution in [0, 0.1) is 0 Å². The number of fused-ring (bicyclic) bond motifs is 1. The molecule has 0 radical (unpaired) electrons. The van der Waals surface area contributed by atoms with E-state index in [4.69, 9.17) is 0 Å². The molecule has 0 amide bonds. The van der Waals surface area contributed by atoms with E-state index in [2.05, 4.69) is 37.4 Å². The lowest BCUT2D eigenvalue weighted by atomic mass is 10.1. The van der Waals surface area contributed by atoms with Gasteiger partial charge in [-0.25, -0.2) is 10.3 Å². The summed E-state index contributed by atoms with van der Waals surface area (Å²) in [6.07, 6.45) is -2.51. The number of aromatic nitrogens is 2. The van der Waals surface area contributed by atoms with E-state index >= 15 is 0 Å². The maximum atomic E-state index is 9.73. The molecule has 1 aromatic rings. The molecule has 4 unspecified atom stereocenters. The van der Waals surface area contributed by atoms with Crippen LogP contribution in [0.15, 0.2) is 10.6 Å². The molecule has 0 bridgehead atoms. The molecule has 0 spiro atoms. The fraction of sp³-hybridized carbons (Fsp3) is 0.556. The van der Waals surface area contributed by atoms with Gasteiger partial charge in [-0.1, -0.05) is 0 Å². The van der Waals surface area contributed by atoms with Crippen LogP contribution < -0.4 is 10.6 Å². The first-order valence-electron chi connectivity index (χ1n) is 5.29. The first-order valence-corrected chi connectivity index (χ1v) is 5.65. The summed E-state index contributed by atoms with van der Waals surface area (Å²) in [6.45, 7) is 1.44. The van der Waals surface area contributed by atoms with Gasteiger partial charge >= 0.3 is 0 Å². The predicted octanol–water partition coefficient (Wildman–Crippen LogP) is -1.09. The number of hydrogen-bond donors (Lipinski definition) is 5. The molecule has 0 saturated carbocycles. The lowest BCUT2D eigenvalue weighted by Crippen LogP contribution is -2.42. The van der Waals surface area contributed by atoms with Gasteiger partial charge in [0.2, 0.25) is 0 Å². The quantitative estimate of drug-likeness (QED) is 0.470. The van der Waals surface area contributed by atoms with Crippen molar-refractivity contribution in [2.75, 3.05) is 5.32 Å².